The molecule has 164 valence electrons. The van der Waals surface area contributed by atoms with Gasteiger partial charge >= 0.3 is 0 Å². The molecule has 8 heteroatoms. The highest BCUT2D eigenvalue weighted by Crippen LogP contribution is 2.34. The van der Waals surface area contributed by atoms with Crippen LogP contribution in [-0.4, -0.2) is 53.8 Å². The van der Waals surface area contributed by atoms with E-state index in [2.05, 4.69) is 10.2 Å². The first kappa shape index (κ1) is 20.1. The van der Waals surface area contributed by atoms with Crippen molar-refractivity contribution in [1.82, 2.24) is 15.1 Å². The lowest BCUT2D eigenvalue weighted by Crippen LogP contribution is -2.38. The summed E-state index contributed by atoms with van der Waals surface area (Å²) in [5.74, 6) is 1.34. The number of ether oxygens (including phenoxy) is 2. The smallest absolute Gasteiger partial charge is 0.278 e. The van der Waals surface area contributed by atoms with Crippen LogP contribution in [0.15, 0.2) is 54.6 Å². The van der Waals surface area contributed by atoms with Crippen LogP contribution in [0, 0.1) is 0 Å². The maximum atomic E-state index is 12.9. The second kappa shape index (κ2) is 8.37. The van der Waals surface area contributed by atoms with Gasteiger partial charge in [0.1, 0.15) is 0 Å². The monoisotopic (exact) mass is 432 g/mol. The van der Waals surface area contributed by atoms with Crippen molar-refractivity contribution in [2.24, 2.45) is 0 Å². The summed E-state index contributed by atoms with van der Waals surface area (Å²) in [7, 11) is 1.74. The molecule has 1 saturated heterocycles. The Morgan fingerprint density at radius 2 is 1.78 bits per heavy atom. The Morgan fingerprint density at radius 3 is 2.56 bits per heavy atom. The van der Waals surface area contributed by atoms with E-state index in [9.17, 15) is 9.59 Å². The minimum atomic E-state index is -0.158. The molecule has 8 nitrogen and oxygen atoms in total. The highest BCUT2D eigenvalue weighted by Gasteiger charge is 2.28. The number of amides is 2. The molecular weight excluding hydrogens is 408 g/mol. The summed E-state index contributed by atoms with van der Waals surface area (Å²) in [6.07, 6.45) is 1.61. The van der Waals surface area contributed by atoms with Crippen molar-refractivity contribution < 1.29 is 19.1 Å². The molecule has 1 fully saturated rings. The number of aromatic amines is 1. The van der Waals surface area contributed by atoms with Crippen LogP contribution in [0.3, 0.4) is 0 Å². The number of piperidine rings is 1. The third-order valence-electron chi connectivity index (χ3n) is 6.11. The molecule has 0 saturated carbocycles. The molecule has 5 rings (SSSR count). The molecule has 0 radical (unpaired) electrons. The van der Waals surface area contributed by atoms with Gasteiger partial charge in [-0.1, -0.05) is 18.2 Å². The number of benzene rings is 2. The molecule has 2 aliphatic heterocycles. The Kier molecular flexibility index (Phi) is 5.26. The van der Waals surface area contributed by atoms with Gasteiger partial charge in [0.25, 0.3) is 11.8 Å². The van der Waals surface area contributed by atoms with Crippen LogP contribution in [0.5, 0.6) is 11.5 Å². The summed E-state index contributed by atoms with van der Waals surface area (Å²) in [4.78, 5) is 29.1. The fourth-order valence-electron chi connectivity index (χ4n) is 4.20. The van der Waals surface area contributed by atoms with Gasteiger partial charge in [-0.2, -0.15) is 5.10 Å². The molecule has 0 aliphatic carbocycles. The second-order valence-electron chi connectivity index (χ2n) is 8.04. The van der Waals surface area contributed by atoms with Gasteiger partial charge in [-0.05, 0) is 49.2 Å². The summed E-state index contributed by atoms with van der Waals surface area (Å²) >= 11 is 0. The van der Waals surface area contributed by atoms with Crippen molar-refractivity contribution >= 4 is 17.5 Å². The number of hydrogen-bond donors (Lipinski definition) is 1. The van der Waals surface area contributed by atoms with E-state index >= 15 is 0 Å². The number of aromatic nitrogens is 2. The fourth-order valence-corrected chi connectivity index (χ4v) is 4.20. The molecule has 2 aromatic carbocycles. The van der Waals surface area contributed by atoms with Gasteiger partial charge in [0.2, 0.25) is 6.79 Å². The van der Waals surface area contributed by atoms with E-state index in [-0.39, 0.29) is 24.5 Å². The Balaban J connectivity index is 1.21. The molecule has 1 N–H and O–H groups in total. The summed E-state index contributed by atoms with van der Waals surface area (Å²) < 4.78 is 10.7. The summed E-state index contributed by atoms with van der Waals surface area (Å²) in [6, 6.07) is 16.6. The zero-order valence-corrected chi connectivity index (χ0v) is 17.8. The predicted octanol–water partition coefficient (Wildman–Crippen LogP) is 3.43. The first-order chi connectivity index (χ1) is 15.6. The van der Waals surface area contributed by atoms with E-state index in [4.69, 9.17) is 9.47 Å². The lowest BCUT2D eigenvalue weighted by molar-refractivity contribution is 0.0711. The average molecular weight is 432 g/mol. The first-order valence-corrected chi connectivity index (χ1v) is 10.7. The maximum Gasteiger partial charge on any atom is 0.278 e. The van der Waals surface area contributed by atoms with Crippen molar-refractivity contribution in [1.29, 1.82) is 0 Å². The largest absolute Gasteiger partial charge is 0.454 e. The van der Waals surface area contributed by atoms with Gasteiger partial charge in [-0.15, -0.1) is 0 Å². The number of fused-ring (bicyclic) bond motifs is 1. The first-order valence-electron chi connectivity index (χ1n) is 10.7. The molecule has 0 unspecified atom stereocenters. The summed E-state index contributed by atoms with van der Waals surface area (Å²) in [5.41, 5.74) is 2.75. The van der Waals surface area contributed by atoms with E-state index in [0.717, 1.165) is 24.2 Å². The van der Waals surface area contributed by atoms with Crippen molar-refractivity contribution in [3.8, 4) is 11.5 Å². The Bertz CT molecular complexity index is 1140. The average Bonchev–Trinajstić information content (AvgIpc) is 3.53. The number of likely N-dealkylation sites (tertiary alicyclic amines) is 1. The molecule has 3 heterocycles. The Labute approximate surface area is 185 Å². The number of carbonyl (C=O) groups is 2. The Morgan fingerprint density at radius 1 is 1.03 bits per heavy atom. The molecule has 32 heavy (non-hydrogen) atoms. The molecule has 0 atom stereocenters. The molecule has 0 bridgehead atoms. The van der Waals surface area contributed by atoms with Crippen LogP contribution >= 0.6 is 0 Å². The highest BCUT2D eigenvalue weighted by atomic mass is 16.7. The third-order valence-corrected chi connectivity index (χ3v) is 6.11. The van der Waals surface area contributed by atoms with Crippen molar-refractivity contribution in [2.45, 2.75) is 18.8 Å². The van der Waals surface area contributed by atoms with Gasteiger partial charge in [0.05, 0.1) is 0 Å². The fraction of sp³-hybridized carbons (Fsp3) is 0.292. The lowest BCUT2D eigenvalue weighted by atomic mass is 9.93. The molecule has 0 spiro atoms. The number of anilines is 1. The third kappa shape index (κ3) is 3.79. The standard InChI is InChI=1S/C24H24N4O4/c1-27(18-5-3-2-4-6-18)24(30)20-14-19(25-26-20)16-9-11-28(12-10-16)23(29)17-7-8-21-22(13-17)32-15-31-21/h2-8,13-14,16H,9-12,15H2,1H3,(H,25,26). The number of para-hydroxylation sites is 1. The van der Waals surface area contributed by atoms with Crippen LogP contribution in [0.1, 0.15) is 45.3 Å². The molecule has 3 aromatic rings. The topological polar surface area (TPSA) is 87.8 Å². The van der Waals surface area contributed by atoms with Crippen LogP contribution < -0.4 is 14.4 Å². The van der Waals surface area contributed by atoms with Crippen molar-refractivity contribution in [3.63, 3.8) is 0 Å². The van der Waals surface area contributed by atoms with Crippen LogP contribution in [0.4, 0.5) is 5.69 Å². The number of carbonyl (C=O) groups excluding carboxylic acids is 2. The van der Waals surface area contributed by atoms with Gasteiger partial charge in [0, 0.05) is 43.0 Å². The van der Waals surface area contributed by atoms with E-state index < -0.39 is 0 Å². The van der Waals surface area contributed by atoms with Gasteiger partial charge in [-0.3, -0.25) is 14.7 Å². The maximum absolute atomic E-state index is 12.9. The normalized spacial score (nSPS) is 15.6. The molecular formula is C24H24N4O4. The number of hydrogen-bond acceptors (Lipinski definition) is 5. The van der Waals surface area contributed by atoms with Crippen molar-refractivity contribution in [3.05, 3.63) is 71.5 Å². The number of nitrogens with one attached hydrogen (secondary N) is 1. The van der Waals surface area contributed by atoms with Crippen LogP contribution in [0.25, 0.3) is 0 Å². The lowest BCUT2D eigenvalue weighted by Gasteiger charge is -2.31. The van der Waals surface area contributed by atoms with E-state index in [1.807, 2.05) is 41.3 Å². The van der Waals surface area contributed by atoms with Gasteiger partial charge in [0.15, 0.2) is 17.2 Å². The second-order valence-corrected chi connectivity index (χ2v) is 8.04. The highest BCUT2D eigenvalue weighted by molar-refractivity contribution is 6.04. The minimum absolute atomic E-state index is 0.00767. The van der Waals surface area contributed by atoms with Gasteiger partial charge < -0.3 is 19.3 Å². The zero-order chi connectivity index (χ0) is 22.1. The van der Waals surface area contributed by atoms with E-state index in [1.165, 1.54) is 0 Å². The molecule has 1 aromatic heterocycles. The SMILES string of the molecule is CN(C(=O)c1cc(C2CCN(C(=O)c3ccc4c(c3)OCO4)CC2)[nH]n1)c1ccccc1. The Hall–Kier alpha value is -3.81. The molecule has 2 aliphatic rings. The van der Waals surface area contributed by atoms with Gasteiger partial charge in [-0.25, -0.2) is 0 Å². The molecule has 2 amide bonds. The number of nitrogens with zero attached hydrogens (tertiary/aromatic N) is 3. The predicted molar refractivity (Wildman–Crippen MR) is 118 cm³/mol. The number of H-pyrrole nitrogens is 1. The summed E-state index contributed by atoms with van der Waals surface area (Å²) in [5, 5.41) is 7.29. The zero-order valence-electron chi connectivity index (χ0n) is 17.8. The minimum Gasteiger partial charge on any atom is -0.454 e. The van der Waals surface area contributed by atoms with Crippen molar-refractivity contribution in [2.75, 3.05) is 31.8 Å². The number of rotatable bonds is 4. The quantitative estimate of drug-likeness (QED) is 0.682. The van der Waals surface area contributed by atoms with E-state index in [1.54, 1.807) is 30.1 Å². The van der Waals surface area contributed by atoms with E-state index in [0.29, 0.717) is 35.8 Å². The van der Waals surface area contributed by atoms with Crippen LogP contribution in [-0.2, 0) is 0 Å². The summed E-state index contributed by atoms with van der Waals surface area (Å²) in [6.45, 7) is 1.47. The van der Waals surface area contributed by atoms with Crippen LogP contribution in [0.2, 0.25) is 0 Å².